The molecule has 0 amide bonds. The second kappa shape index (κ2) is 5.52. The lowest BCUT2D eigenvalue weighted by molar-refractivity contribution is -0.141. The van der Waals surface area contributed by atoms with Crippen molar-refractivity contribution in [3.8, 4) is 5.69 Å². The summed E-state index contributed by atoms with van der Waals surface area (Å²) in [5, 5.41) is 3.14. The molecular weight excluding hydrogens is 269 g/mol. The van der Waals surface area contributed by atoms with Gasteiger partial charge in [-0.1, -0.05) is 13.8 Å². The smallest absolute Gasteiger partial charge is 0.355 e. The first-order valence-corrected chi connectivity index (χ1v) is 6.19. The van der Waals surface area contributed by atoms with Crippen LogP contribution in [0, 0.1) is 5.92 Å². The van der Waals surface area contributed by atoms with Gasteiger partial charge in [-0.05, 0) is 18.1 Å². The number of nitrogens with zero attached hydrogens (tertiary/aromatic N) is 3. The molecule has 0 spiro atoms. The van der Waals surface area contributed by atoms with E-state index in [9.17, 15) is 13.2 Å². The van der Waals surface area contributed by atoms with Gasteiger partial charge < -0.3 is 5.32 Å². The molecule has 0 unspecified atom stereocenters. The molecule has 0 aromatic carbocycles. The summed E-state index contributed by atoms with van der Waals surface area (Å²) >= 11 is 0. The number of aromatic nitrogens is 3. The van der Waals surface area contributed by atoms with Crippen molar-refractivity contribution in [2.75, 3.05) is 11.9 Å². The Morgan fingerprint density at radius 2 is 2.00 bits per heavy atom. The predicted molar refractivity (Wildman–Crippen MR) is 69.7 cm³/mol. The molecular formula is C13H15F3N4. The molecule has 108 valence electrons. The number of hydrogen-bond donors (Lipinski definition) is 1. The molecule has 0 fully saturated rings. The molecule has 0 aliphatic carbocycles. The summed E-state index contributed by atoms with van der Waals surface area (Å²) in [5.74, 6) is 1.02. The highest BCUT2D eigenvalue weighted by Crippen LogP contribution is 2.27. The Morgan fingerprint density at radius 1 is 1.25 bits per heavy atom. The summed E-state index contributed by atoms with van der Waals surface area (Å²) in [6.07, 6.45) is 0.0184. The number of imidazole rings is 1. The van der Waals surface area contributed by atoms with Crippen molar-refractivity contribution in [1.29, 1.82) is 0 Å². The molecule has 0 saturated carbocycles. The van der Waals surface area contributed by atoms with Crippen molar-refractivity contribution in [2.24, 2.45) is 5.92 Å². The number of pyridine rings is 1. The van der Waals surface area contributed by atoms with Crippen LogP contribution >= 0.6 is 0 Å². The van der Waals surface area contributed by atoms with Crippen molar-refractivity contribution in [3.63, 3.8) is 0 Å². The van der Waals surface area contributed by atoms with Crippen LogP contribution in [-0.4, -0.2) is 21.1 Å². The molecule has 20 heavy (non-hydrogen) atoms. The summed E-state index contributed by atoms with van der Waals surface area (Å²) in [4.78, 5) is 7.58. The Balaban J connectivity index is 2.22. The zero-order chi connectivity index (χ0) is 14.8. The molecule has 0 bridgehead atoms. The van der Waals surface area contributed by atoms with Crippen LogP contribution in [0.4, 0.5) is 19.1 Å². The summed E-state index contributed by atoms with van der Waals surface area (Å²) in [6.45, 7) is 4.84. The number of hydrogen-bond acceptors (Lipinski definition) is 3. The van der Waals surface area contributed by atoms with Gasteiger partial charge in [0.25, 0.3) is 0 Å². The van der Waals surface area contributed by atoms with Crippen LogP contribution in [0.5, 0.6) is 0 Å². The second-order valence-electron chi connectivity index (χ2n) is 4.79. The zero-order valence-electron chi connectivity index (χ0n) is 11.1. The first kappa shape index (κ1) is 14.4. The molecule has 1 N–H and O–H groups in total. The summed E-state index contributed by atoms with van der Waals surface area (Å²) in [5.41, 5.74) is -0.375. The fraction of sp³-hybridized carbons (Fsp3) is 0.385. The van der Waals surface area contributed by atoms with Crippen LogP contribution in [0.2, 0.25) is 0 Å². The molecule has 0 aliphatic heterocycles. The lowest BCUT2D eigenvalue weighted by Gasteiger charge is -2.12. The van der Waals surface area contributed by atoms with Gasteiger partial charge in [-0.3, -0.25) is 4.57 Å². The molecule has 2 rings (SSSR count). The van der Waals surface area contributed by atoms with Crippen molar-refractivity contribution in [2.45, 2.75) is 20.0 Å². The van der Waals surface area contributed by atoms with Gasteiger partial charge in [0.1, 0.15) is 5.69 Å². The van der Waals surface area contributed by atoms with Gasteiger partial charge >= 0.3 is 6.18 Å². The third kappa shape index (κ3) is 3.28. The number of rotatable bonds is 4. The minimum Gasteiger partial charge on any atom is -0.355 e. The van der Waals surface area contributed by atoms with E-state index in [0.29, 0.717) is 17.6 Å². The average Bonchev–Trinajstić information content (AvgIpc) is 2.83. The Labute approximate surface area is 114 Å². The maximum Gasteiger partial charge on any atom is 0.433 e. The van der Waals surface area contributed by atoms with Crippen molar-refractivity contribution < 1.29 is 13.2 Å². The first-order chi connectivity index (χ1) is 9.38. The fourth-order valence-electron chi connectivity index (χ4n) is 1.63. The number of anilines is 1. The molecule has 0 radical (unpaired) electrons. The highest BCUT2D eigenvalue weighted by molar-refractivity contribution is 5.40. The second-order valence-corrected chi connectivity index (χ2v) is 4.79. The average molecular weight is 284 g/mol. The minimum absolute atomic E-state index is 0.436. The first-order valence-electron chi connectivity index (χ1n) is 6.19. The molecule has 0 atom stereocenters. The van der Waals surface area contributed by atoms with E-state index in [4.69, 9.17) is 0 Å². The van der Waals surface area contributed by atoms with Crippen LogP contribution in [0.15, 0.2) is 30.7 Å². The van der Waals surface area contributed by atoms with Crippen LogP contribution < -0.4 is 5.32 Å². The maximum atomic E-state index is 12.5. The van der Waals surface area contributed by atoms with Gasteiger partial charge in [0, 0.05) is 18.9 Å². The predicted octanol–water partition coefficient (Wildman–Crippen LogP) is 3.35. The molecule has 2 heterocycles. The van der Waals surface area contributed by atoms with Crippen LogP contribution in [0.3, 0.4) is 0 Å². The van der Waals surface area contributed by atoms with E-state index in [1.807, 2.05) is 0 Å². The third-order valence-corrected chi connectivity index (χ3v) is 2.63. The summed E-state index contributed by atoms with van der Waals surface area (Å²) < 4.78 is 39.0. The van der Waals surface area contributed by atoms with Gasteiger partial charge in [0.2, 0.25) is 5.95 Å². The summed E-state index contributed by atoms with van der Waals surface area (Å²) in [6, 6.07) is 2.33. The van der Waals surface area contributed by atoms with E-state index < -0.39 is 11.9 Å². The van der Waals surface area contributed by atoms with E-state index in [-0.39, 0.29) is 0 Å². The SMILES string of the molecule is CC(C)CNc1nccn1-c1ccc(C(F)(F)F)nc1. The van der Waals surface area contributed by atoms with Crippen molar-refractivity contribution >= 4 is 5.95 Å². The van der Waals surface area contributed by atoms with Gasteiger partial charge in [0.05, 0.1) is 11.9 Å². The number of alkyl halides is 3. The Kier molecular flexibility index (Phi) is 3.96. The molecule has 0 aliphatic rings. The Morgan fingerprint density at radius 3 is 2.55 bits per heavy atom. The molecule has 2 aromatic rings. The van der Waals surface area contributed by atoms with Crippen molar-refractivity contribution in [3.05, 3.63) is 36.4 Å². The fourth-order valence-corrected chi connectivity index (χ4v) is 1.63. The highest BCUT2D eigenvalue weighted by Gasteiger charge is 2.32. The lowest BCUT2D eigenvalue weighted by Crippen LogP contribution is -2.12. The molecule has 7 heteroatoms. The molecule has 4 nitrogen and oxygen atoms in total. The van der Waals surface area contributed by atoms with Gasteiger partial charge in [-0.25, -0.2) is 9.97 Å². The topological polar surface area (TPSA) is 42.7 Å². The monoisotopic (exact) mass is 284 g/mol. The molecule has 0 saturated heterocycles. The molecule has 2 aromatic heterocycles. The third-order valence-electron chi connectivity index (χ3n) is 2.63. The minimum atomic E-state index is -4.42. The highest BCUT2D eigenvalue weighted by atomic mass is 19.4. The van der Waals surface area contributed by atoms with E-state index in [0.717, 1.165) is 12.6 Å². The van der Waals surface area contributed by atoms with E-state index in [2.05, 4.69) is 29.1 Å². The van der Waals surface area contributed by atoms with Gasteiger partial charge in [-0.2, -0.15) is 13.2 Å². The Hall–Kier alpha value is -2.05. The van der Waals surface area contributed by atoms with E-state index in [1.165, 1.54) is 12.3 Å². The quantitative estimate of drug-likeness (QED) is 0.936. The van der Waals surface area contributed by atoms with E-state index >= 15 is 0 Å². The largest absolute Gasteiger partial charge is 0.433 e. The van der Waals surface area contributed by atoms with Gasteiger partial charge in [-0.15, -0.1) is 0 Å². The normalized spacial score (nSPS) is 11.9. The van der Waals surface area contributed by atoms with Crippen LogP contribution in [0.25, 0.3) is 5.69 Å². The van der Waals surface area contributed by atoms with Gasteiger partial charge in [0.15, 0.2) is 0 Å². The van der Waals surface area contributed by atoms with Crippen molar-refractivity contribution in [1.82, 2.24) is 14.5 Å². The lowest BCUT2D eigenvalue weighted by atomic mass is 10.2. The maximum absolute atomic E-state index is 12.5. The van der Waals surface area contributed by atoms with Crippen LogP contribution in [0.1, 0.15) is 19.5 Å². The van der Waals surface area contributed by atoms with E-state index in [1.54, 1.807) is 17.0 Å². The van der Waals surface area contributed by atoms with Crippen LogP contribution in [-0.2, 0) is 6.18 Å². The number of halogens is 3. The number of nitrogens with one attached hydrogen (secondary N) is 1. The summed E-state index contributed by atoms with van der Waals surface area (Å²) in [7, 11) is 0. The standard InChI is InChI=1S/C13H15F3N4/c1-9(2)7-19-12-17-5-6-20(12)10-3-4-11(18-8-10)13(14,15)16/h3-6,8-9H,7H2,1-2H3,(H,17,19). The zero-order valence-corrected chi connectivity index (χ0v) is 11.1. The Bertz CT molecular complexity index is 558.